The molecule has 19 heavy (non-hydrogen) atoms. The normalized spacial score (nSPS) is 11.2. The first-order valence-corrected chi connectivity index (χ1v) is 5.12. The Hall–Kier alpha value is -2.50. The molecule has 0 aromatic rings. The maximum atomic E-state index is 10.2. The van der Waals surface area contributed by atoms with Crippen LogP contribution in [0.2, 0.25) is 0 Å². The average molecular weight is 270 g/mol. The molecule has 0 aromatic heterocycles. The molecule has 0 heterocycles. The summed E-state index contributed by atoms with van der Waals surface area (Å²) in [5.74, 6) is -2.04. The monoisotopic (exact) mass is 270 g/mol. The Bertz CT molecular complexity index is 381. The van der Waals surface area contributed by atoms with Gasteiger partial charge < -0.3 is 19.7 Å². The van der Waals surface area contributed by atoms with Crippen LogP contribution in [-0.2, 0) is 19.1 Å². The number of ether oxygens (including phenoxy) is 2. The van der Waals surface area contributed by atoms with Crippen LogP contribution in [0.3, 0.4) is 0 Å². The molecule has 1 atom stereocenters. The van der Waals surface area contributed by atoms with E-state index in [-0.39, 0.29) is 11.1 Å². The van der Waals surface area contributed by atoms with E-state index in [0.717, 1.165) is 12.5 Å². The summed E-state index contributed by atoms with van der Waals surface area (Å²) in [4.78, 5) is 20.2. The minimum Gasteiger partial charge on any atom is -0.494 e. The first-order chi connectivity index (χ1) is 8.77. The van der Waals surface area contributed by atoms with Crippen LogP contribution < -0.4 is 0 Å². The fraction of sp³-hybridized carbons (Fsp3) is 0.231. The summed E-state index contributed by atoms with van der Waals surface area (Å²) < 4.78 is 9.23. The summed E-state index contributed by atoms with van der Waals surface area (Å²) in [6.45, 7) is 12.9. The van der Waals surface area contributed by atoms with E-state index in [1.165, 1.54) is 13.2 Å². The summed E-state index contributed by atoms with van der Waals surface area (Å²) in [5, 5.41) is 16.6. The van der Waals surface area contributed by atoms with Crippen molar-refractivity contribution in [2.24, 2.45) is 0 Å². The van der Waals surface area contributed by atoms with E-state index < -0.39 is 18.0 Å². The maximum absolute atomic E-state index is 10.2. The third kappa shape index (κ3) is 10.4. The number of hydrogen-bond donors (Lipinski definition) is 2. The van der Waals surface area contributed by atoms with Crippen LogP contribution in [0.5, 0.6) is 0 Å². The van der Waals surface area contributed by atoms with Crippen LogP contribution in [0.4, 0.5) is 0 Å². The fourth-order valence-electron chi connectivity index (χ4n) is 0.601. The molecular formula is C13H18O6. The van der Waals surface area contributed by atoms with Crippen LogP contribution in [0.1, 0.15) is 13.8 Å². The number of carboxylic acids is 2. The van der Waals surface area contributed by atoms with Crippen molar-refractivity contribution in [3.8, 4) is 0 Å². The third-order valence-corrected chi connectivity index (χ3v) is 1.74. The lowest BCUT2D eigenvalue weighted by molar-refractivity contribution is -0.134. The molecule has 0 aliphatic rings. The smallest absolute Gasteiger partial charge is 0.334 e. The van der Waals surface area contributed by atoms with Crippen LogP contribution in [0.25, 0.3) is 0 Å². The second-order valence-electron chi connectivity index (χ2n) is 3.18. The van der Waals surface area contributed by atoms with Crippen LogP contribution >= 0.6 is 0 Å². The third-order valence-electron chi connectivity index (χ3n) is 1.74. The Balaban J connectivity index is 0. The summed E-state index contributed by atoms with van der Waals surface area (Å²) in [6, 6.07) is 0. The second-order valence-corrected chi connectivity index (χ2v) is 3.18. The molecule has 0 amide bonds. The molecule has 6 nitrogen and oxygen atoms in total. The van der Waals surface area contributed by atoms with Gasteiger partial charge in [-0.05, 0) is 13.8 Å². The zero-order valence-corrected chi connectivity index (χ0v) is 11.0. The van der Waals surface area contributed by atoms with Crippen molar-refractivity contribution in [3.05, 3.63) is 49.7 Å². The van der Waals surface area contributed by atoms with E-state index >= 15 is 0 Å². The lowest BCUT2D eigenvalue weighted by Crippen LogP contribution is -2.14. The van der Waals surface area contributed by atoms with Gasteiger partial charge >= 0.3 is 11.9 Å². The van der Waals surface area contributed by atoms with E-state index in [9.17, 15) is 9.59 Å². The second kappa shape index (κ2) is 10.6. The highest BCUT2D eigenvalue weighted by Crippen LogP contribution is 2.03. The van der Waals surface area contributed by atoms with Crippen molar-refractivity contribution in [3.63, 3.8) is 0 Å². The topological polar surface area (TPSA) is 93.1 Å². The van der Waals surface area contributed by atoms with Gasteiger partial charge in [-0.1, -0.05) is 19.7 Å². The Labute approximate surface area is 112 Å². The number of rotatable bonds is 7. The molecule has 0 saturated heterocycles. The molecule has 0 spiro atoms. The number of carbonyl (C=O) groups is 2. The van der Waals surface area contributed by atoms with Gasteiger partial charge in [0.1, 0.15) is 12.4 Å². The van der Waals surface area contributed by atoms with Crippen molar-refractivity contribution >= 4 is 11.9 Å². The zero-order chi connectivity index (χ0) is 15.4. The van der Waals surface area contributed by atoms with Gasteiger partial charge in [0.2, 0.25) is 0 Å². The Kier molecular flexibility index (Phi) is 10.6. The van der Waals surface area contributed by atoms with Gasteiger partial charge in [-0.2, -0.15) is 0 Å². The molecule has 0 bridgehead atoms. The maximum Gasteiger partial charge on any atom is 0.334 e. The Morgan fingerprint density at radius 2 is 1.68 bits per heavy atom. The van der Waals surface area contributed by atoms with E-state index in [2.05, 4.69) is 24.5 Å². The molecule has 0 aromatic carbocycles. The van der Waals surface area contributed by atoms with E-state index in [1.54, 1.807) is 6.92 Å². The van der Waals surface area contributed by atoms with Gasteiger partial charge in [-0.25, -0.2) is 9.59 Å². The van der Waals surface area contributed by atoms with Crippen molar-refractivity contribution in [1.82, 2.24) is 0 Å². The largest absolute Gasteiger partial charge is 0.494 e. The number of carboxylic acid groups (broad SMARTS) is 2. The van der Waals surface area contributed by atoms with E-state index in [1.807, 2.05) is 0 Å². The molecule has 1 unspecified atom stereocenters. The molecule has 0 aliphatic heterocycles. The summed E-state index contributed by atoms with van der Waals surface area (Å²) in [5.41, 5.74) is 0.176. The standard InChI is InChI=1S/C7H10O3.C6H8O3/c1-4-10-6(3)5(2)7(8)9;1-3-9-4-5(2)6(7)8/h4,6H,1-2H2,3H3,(H,8,9);3-4H,1H2,2H3,(H,7,8). The summed E-state index contributed by atoms with van der Waals surface area (Å²) in [7, 11) is 0. The quantitative estimate of drug-likeness (QED) is 0.544. The molecule has 0 saturated carbocycles. The predicted octanol–water partition coefficient (Wildman–Crippen LogP) is 2.31. The zero-order valence-electron chi connectivity index (χ0n) is 11.0. The van der Waals surface area contributed by atoms with Gasteiger partial charge in [-0.3, -0.25) is 0 Å². The molecular weight excluding hydrogens is 252 g/mol. The van der Waals surface area contributed by atoms with Crippen molar-refractivity contribution in [2.45, 2.75) is 20.0 Å². The first-order valence-electron chi connectivity index (χ1n) is 5.12. The SMILES string of the molecule is C=COC(C)C(=C)C(=O)O.C=COC=C(C)C(=O)O. The van der Waals surface area contributed by atoms with E-state index in [0.29, 0.717) is 0 Å². The van der Waals surface area contributed by atoms with Gasteiger partial charge in [-0.15, -0.1) is 0 Å². The molecule has 0 fully saturated rings. The minimum atomic E-state index is -1.05. The van der Waals surface area contributed by atoms with Crippen molar-refractivity contribution in [2.75, 3.05) is 0 Å². The lowest BCUT2D eigenvalue weighted by Gasteiger charge is -2.09. The molecule has 0 aliphatic carbocycles. The highest BCUT2D eigenvalue weighted by atomic mass is 16.5. The number of aliphatic carboxylic acids is 2. The Morgan fingerprint density at radius 1 is 1.16 bits per heavy atom. The van der Waals surface area contributed by atoms with Crippen molar-refractivity contribution < 1.29 is 29.3 Å². The molecule has 2 N–H and O–H groups in total. The van der Waals surface area contributed by atoms with Gasteiger partial charge in [0.25, 0.3) is 0 Å². The van der Waals surface area contributed by atoms with Crippen LogP contribution in [0.15, 0.2) is 49.7 Å². The van der Waals surface area contributed by atoms with Gasteiger partial charge in [0.05, 0.1) is 23.7 Å². The molecule has 0 radical (unpaired) electrons. The lowest BCUT2D eigenvalue weighted by atomic mass is 10.2. The first kappa shape index (κ1) is 18.9. The molecule has 106 valence electrons. The fourth-order valence-corrected chi connectivity index (χ4v) is 0.601. The summed E-state index contributed by atoms with van der Waals surface area (Å²) in [6.07, 6.45) is 2.97. The molecule has 6 heteroatoms. The average Bonchev–Trinajstić information content (AvgIpc) is 2.35. The Morgan fingerprint density at radius 3 is 2.00 bits per heavy atom. The molecule has 0 rings (SSSR count). The van der Waals surface area contributed by atoms with Gasteiger partial charge in [0, 0.05) is 0 Å². The van der Waals surface area contributed by atoms with Gasteiger partial charge in [0.15, 0.2) is 0 Å². The highest BCUT2D eigenvalue weighted by Gasteiger charge is 2.12. The van der Waals surface area contributed by atoms with E-state index in [4.69, 9.17) is 14.9 Å². The predicted molar refractivity (Wildman–Crippen MR) is 70.2 cm³/mol. The van der Waals surface area contributed by atoms with Crippen LogP contribution in [0, 0.1) is 0 Å². The summed E-state index contributed by atoms with van der Waals surface area (Å²) >= 11 is 0. The minimum absolute atomic E-state index is 0.0277. The highest BCUT2D eigenvalue weighted by molar-refractivity contribution is 5.86. The van der Waals surface area contributed by atoms with Crippen molar-refractivity contribution in [1.29, 1.82) is 0 Å². The van der Waals surface area contributed by atoms with Crippen LogP contribution in [-0.4, -0.2) is 28.3 Å². The number of hydrogen-bond acceptors (Lipinski definition) is 4.